The van der Waals surface area contributed by atoms with E-state index in [1.54, 1.807) is 0 Å². The van der Waals surface area contributed by atoms with Crippen LogP contribution in [0.1, 0.15) is 39.2 Å². The number of fused-ring (bicyclic) bond motifs is 8. The van der Waals surface area contributed by atoms with Crippen LogP contribution in [0.3, 0.4) is 0 Å². The molecule has 0 aliphatic heterocycles. The summed E-state index contributed by atoms with van der Waals surface area (Å²) in [6, 6.07) is 22.0. The lowest BCUT2D eigenvalue weighted by atomic mass is 9.97. The molecule has 0 amide bonds. The van der Waals surface area contributed by atoms with E-state index < -0.39 is 0 Å². The molecule has 0 unspecified atom stereocenters. The van der Waals surface area contributed by atoms with Gasteiger partial charge in [-0.25, -0.2) is 4.98 Å². The summed E-state index contributed by atoms with van der Waals surface area (Å²) in [5.41, 5.74) is 4.68. The lowest BCUT2D eigenvalue weighted by Gasteiger charge is -2.10. The largest absolute Gasteiger partial charge is 0.299 e. The van der Waals surface area contributed by atoms with Crippen LogP contribution in [-0.2, 0) is 0 Å². The maximum atomic E-state index is 5.08. The van der Waals surface area contributed by atoms with Crippen LogP contribution in [-0.4, -0.2) is 9.38 Å². The highest BCUT2D eigenvalue weighted by atomic mass is 32.1. The van der Waals surface area contributed by atoms with Crippen LogP contribution in [0.25, 0.3) is 47.6 Å². The summed E-state index contributed by atoms with van der Waals surface area (Å²) in [6.45, 7) is 8.51. The summed E-state index contributed by atoms with van der Waals surface area (Å²) in [6.07, 6.45) is 2.16. The zero-order valence-corrected chi connectivity index (χ0v) is 18.0. The molecule has 2 nitrogen and oxygen atoms in total. The predicted octanol–water partition coefficient (Wildman–Crippen LogP) is 8.16. The van der Waals surface area contributed by atoms with Gasteiger partial charge < -0.3 is 0 Å². The zero-order valence-electron chi connectivity index (χ0n) is 17.2. The van der Waals surface area contributed by atoms with Crippen LogP contribution in [0.2, 0.25) is 0 Å². The van der Waals surface area contributed by atoms with Gasteiger partial charge in [-0.05, 0) is 41.1 Å². The number of benzene rings is 3. The van der Waals surface area contributed by atoms with Gasteiger partial charge in [0.25, 0.3) is 0 Å². The van der Waals surface area contributed by atoms with Crippen molar-refractivity contribution >= 4 is 59.0 Å². The third-order valence-electron chi connectivity index (χ3n) is 5.57. The van der Waals surface area contributed by atoms with Gasteiger partial charge in [0.05, 0.1) is 11.0 Å². The van der Waals surface area contributed by atoms with Crippen molar-refractivity contribution in [3.05, 3.63) is 72.4 Å². The van der Waals surface area contributed by atoms with E-state index in [2.05, 4.69) is 85.1 Å². The van der Waals surface area contributed by atoms with Crippen molar-refractivity contribution < 1.29 is 0 Å². The van der Waals surface area contributed by atoms with Crippen LogP contribution >= 0.6 is 11.3 Å². The van der Waals surface area contributed by atoms with Crippen LogP contribution in [0.15, 0.2) is 66.9 Å². The van der Waals surface area contributed by atoms with E-state index in [1.807, 2.05) is 25.2 Å². The molecule has 3 heteroatoms. The first-order valence-corrected chi connectivity index (χ1v) is 11.2. The molecule has 0 saturated heterocycles. The van der Waals surface area contributed by atoms with Crippen LogP contribution in [0, 0.1) is 0 Å². The summed E-state index contributed by atoms with van der Waals surface area (Å²) in [5.74, 6) is 0.465. The molecule has 0 aliphatic rings. The van der Waals surface area contributed by atoms with E-state index in [4.69, 9.17) is 4.98 Å². The van der Waals surface area contributed by atoms with Gasteiger partial charge in [0, 0.05) is 31.8 Å². The topological polar surface area (TPSA) is 17.3 Å². The van der Waals surface area contributed by atoms with Gasteiger partial charge in [0.2, 0.25) is 0 Å². The molecule has 0 spiro atoms. The van der Waals surface area contributed by atoms with Crippen molar-refractivity contribution in [2.24, 2.45) is 0 Å². The second-order valence-corrected chi connectivity index (χ2v) is 8.61. The second-order valence-electron chi connectivity index (χ2n) is 7.52. The Bertz CT molecular complexity index is 1500. The van der Waals surface area contributed by atoms with E-state index in [9.17, 15) is 0 Å². The maximum absolute atomic E-state index is 5.08. The Balaban J connectivity index is 0.000000882. The SMILES string of the molecule is CC.CC(C)c1cccc2ccn3c4cc5c(cc4nc3c12)sc1ccccc15. The highest BCUT2D eigenvalue weighted by molar-refractivity contribution is 7.25. The average molecular weight is 397 g/mol. The molecular formula is C26H24N2S. The zero-order chi connectivity index (χ0) is 20.1. The maximum Gasteiger partial charge on any atom is 0.146 e. The monoisotopic (exact) mass is 396 g/mol. The summed E-state index contributed by atoms with van der Waals surface area (Å²) in [7, 11) is 0. The predicted molar refractivity (Wildman–Crippen MR) is 129 cm³/mol. The minimum atomic E-state index is 0.465. The molecular weight excluding hydrogens is 372 g/mol. The first-order chi connectivity index (χ1) is 14.2. The molecule has 3 aromatic heterocycles. The molecule has 0 aliphatic carbocycles. The molecule has 0 saturated carbocycles. The number of thiophene rings is 1. The lowest BCUT2D eigenvalue weighted by Crippen LogP contribution is -1.93. The Labute approximate surface area is 174 Å². The minimum Gasteiger partial charge on any atom is -0.299 e. The van der Waals surface area contributed by atoms with E-state index in [0.717, 1.165) is 11.2 Å². The van der Waals surface area contributed by atoms with Crippen molar-refractivity contribution in [2.45, 2.75) is 33.6 Å². The smallest absolute Gasteiger partial charge is 0.146 e. The number of nitrogens with zero attached hydrogens (tertiary/aromatic N) is 2. The van der Waals surface area contributed by atoms with Gasteiger partial charge in [-0.2, -0.15) is 0 Å². The fourth-order valence-corrected chi connectivity index (χ4v) is 5.38. The van der Waals surface area contributed by atoms with Gasteiger partial charge in [-0.1, -0.05) is 64.1 Å². The summed E-state index contributed by atoms with van der Waals surface area (Å²) >= 11 is 1.85. The van der Waals surface area contributed by atoms with E-state index in [0.29, 0.717) is 5.92 Å². The minimum absolute atomic E-state index is 0.465. The normalized spacial score (nSPS) is 11.8. The van der Waals surface area contributed by atoms with Crippen molar-refractivity contribution in [2.75, 3.05) is 0 Å². The number of aromatic nitrogens is 2. The summed E-state index contributed by atoms with van der Waals surface area (Å²) in [5, 5.41) is 5.19. The Morgan fingerprint density at radius 2 is 1.69 bits per heavy atom. The number of hydrogen-bond acceptors (Lipinski definition) is 2. The molecule has 29 heavy (non-hydrogen) atoms. The molecule has 6 rings (SSSR count). The van der Waals surface area contributed by atoms with Crippen molar-refractivity contribution in [1.29, 1.82) is 0 Å². The first kappa shape index (κ1) is 18.1. The average Bonchev–Trinajstić information content (AvgIpc) is 3.30. The van der Waals surface area contributed by atoms with E-state index in [1.165, 1.54) is 42.0 Å². The lowest BCUT2D eigenvalue weighted by molar-refractivity contribution is 0.876. The summed E-state index contributed by atoms with van der Waals surface area (Å²) in [4.78, 5) is 5.08. The molecule has 6 aromatic rings. The van der Waals surface area contributed by atoms with Crippen LogP contribution < -0.4 is 0 Å². The number of rotatable bonds is 1. The molecule has 0 bridgehead atoms. The third kappa shape index (κ3) is 2.65. The molecule has 144 valence electrons. The fourth-order valence-electron chi connectivity index (χ4n) is 4.26. The number of pyridine rings is 1. The first-order valence-electron chi connectivity index (χ1n) is 10.4. The fraction of sp³-hybridized carbons (Fsp3) is 0.192. The molecule has 0 atom stereocenters. The number of hydrogen-bond donors (Lipinski definition) is 0. The highest BCUT2D eigenvalue weighted by Gasteiger charge is 2.14. The Kier molecular flexibility index (Phi) is 4.29. The molecule has 0 fully saturated rings. The number of imidazole rings is 1. The Morgan fingerprint density at radius 1 is 0.862 bits per heavy atom. The van der Waals surface area contributed by atoms with Crippen molar-refractivity contribution in [1.82, 2.24) is 9.38 Å². The Morgan fingerprint density at radius 3 is 2.52 bits per heavy atom. The third-order valence-corrected chi connectivity index (χ3v) is 6.70. The van der Waals surface area contributed by atoms with E-state index >= 15 is 0 Å². The van der Waals surface area contributed by atoms with Crippen molar-refractivity contribution in [3.8, 4) is 0 Å². The van der Waals surface area contributed by atoms with Gasteiger partial charge in [-0.3, -0.25) is 4.40 Å². The van der Waals surface area contributed by atoms with Crippen LogP contribution in [0.4, 0.5) is 0 Å². The van der Waals surface area contributed by atoms with Gasteiger partial charge in [-0.15, -0.1) is 11.3 Å². The standard InChI is InChI=1S/C24H18N2S.C2H6/c1-14(2)16-8-5-6-15-10-11-26-20-12-18-17-7-3-4-9-21(17)27-22(18)13-19(20)25-24(26)23(15)16;1-2/h3-14H,1-2H3;1-2H3. The second kappa shape index (κ2) is 6.85. The summed E-state index contributed by atoms with van der Waals surface area (Å²) < 4.78 is 4.90. The quantitative estimate of drug-likeness (QED) is 0.274. The molecule has 3 aromatic carbocycles. The van der Waals surface area contributed by atoms with Gasteiger partial charge >= 0.3 is 0 Å². The van der Waals surface area contributed by atoms with Gasteiger partial charge in [0.15, 0.2) is 0 Å². The Hall–Kier alpha value is -2.91. The van der Waals surface area contributed by atoms with Crippen LogP contribution in [0.5, 0.6) is 0 Å². The molecule has 0 radical (unpaired) electrons. The van der Waals surface area contributed by atoms with Gasteiger partial charge in [0.1, 0.15) is 5.65 Å². The van der Waals surface area contributed by atoms with Crippen molar-refractivity contribution in [3.63, 3.8) is 0 Å². The molecule has 0 N–H and O–H groups in total. The van der Waals surface area contributed by atoms with E-state index in [-0.39, 0.29) is 0 Å². The molecule has 3 heterocycles. The highest BCUT2D eigenvalue weighted by Crippen LogP contribution is 2.37.